The number of furan rings is 1. The average molecular weight is 620 g/mol. The zero-order valence-electron chi connectivity index (χ0n) is 39.5. The highest BCUT2D eigenvalue weighted by molar-refractivity contribution is 6.23. The molecule has 7 aromatic carbocycles. The molecule has 1 aliphatic carbocycles. The Morgan fingerprint density at radius 3 is 1.66 bits per heavy atom. The molecular weight excluding hydrogens is 569 g/mol. The Morgan fingerprint density at radius 2 is 1.02 bits per heavy atom. The van der Waals surface area contributed by atoms with E-state index in [4.69, 9.17) is 14.0 Å². The van der Waals surface area contributed by atoms with E-state index in [-0.39, 0.29) is 49.4 Å². The van der Waals surface area contributed by atoms with Crippen LogP contribution in [-0.2, 0) is 10.8 Å². The van der Waals surface area contributed by atoms with E-state index in [1.54, 1.807) is 12.1 Å². The van der Waals surface area contributed by atoms with Crippen molar-refractivity contribution >= 4 is 43.5 Å². The fraction of sp³-hybridized carbons (Fsp3) is 0.174. The third kappa shape index (κ3) is 4.29. The number of hydrogen-bond acceptors (Lipinski definition) is 1. The summed E-state index contributed by atoms with van der Waals surface area (Å²) in [5.41, 5.74) is 2.76. The molecule has 0 fully saturated rings. The quantitative estimate of drug-likeness (QED) is 0.179. The van der Waals surface area contributed by atoms with Crippen LogP contribution < -0.4 is 0 Å². The van der Waals surface area contributed by atoms with Crippen LogP contribution in [0.15, 0.2) is 138 Å². The lowest BCUT2D eigenvalue weighted by molar-refractivity contribution is 0.332. The first-order valence-electron chi connectivity index (χ1n) is 22.3. The minimum atomic E-state index is -0.584. The molecule has 1 aliphatic rings. The van der Waals surface area contributed by atoms with Gasteiger partial charge in [-0.3, -0.25) is 0 Å². The van der Waals surface area contributed by atoms with E-state index in [1.165, 1.54) is 0 Å². The zero-order valence-corrected chi connectivity index (χ0v) is 26.5. The van der Waals surface area contributed by atoms with Crippen molar-refractivity contribution in [3.63, 3.8) is 0 Å². The molecule has 9 rings (SSSR count). The summed E-state index contributed by atoms with van der Waals surface area (Å²) in [5.74, 6) is 0. The van der Waals surface area contributed by atoms with Gasteiger partial charge < -0.3 is 4.42 Å². The van der Waals surface area contributed by atoms with Crippen molar-refractivity contribution in [2.75, 3.05) is 0 Å². The lowest BCUT2D eigenvalue weighted by Gasteiger charge is -2.42. The van der Waals surface area contributed by atoms with Gasteiger partial charge in [0.25, 0.3) is 0 Å². The van der Waals surface area contributed by atoms with E-state index in [0.29, 0.717) is 16.7 Å². The van der Waals surface area contributed by atoms with Gasteiger partial charge in [-0.2, -0.15) is 0 Å². The molecule has 47 heavy (non-hydrogen) atoms. The number of fused-ring (bicyclic) bond motifs is 6. The van der Waals surface area contributed by atoms with Gasteiger partial charge in [0.1, 0.15) is 11.2 Å². The minimum absolute atomic E-state index is 0.00619. The van der Waals surface area contributed by atoms with Gasteiger partial charge in [0.15, 0.2) is 0 Å². The van der Waals surface area contributed by atoms with Crippen molar-refractivity contribution in [1.29, 1.82) is 0 Å². The maximum Gasteiger partial charge on any atom is 0.136 e. The molecule has 0 bridgehead atoms. The van der Waals surface area contributed by atoms with Crippen molar-refractivity contribution in [1.82, 2.24) is 0 Å². The number of rotatable bonds is 3. The van der Waals surface area contributed by atoms with Gasteiger partial charge in [-0.15, -0.1) is 0 Å². The van der Waals surface area contributed by atoms with Crippen LogP contribution in [0.25, 0.3) is 76.9 Å². The summed E-state index contributed by atoms with van der Waals surface area (Å²) in [6, 6.07) is 9.70. The molecule has 1 aromatic heterocycles. The van der Waals surface area contributed by atoms with E-state index < -0.39 is 89.4 Å². The molecular formula is C46H38O. The standard InChI is InChI=1S/C46H38O/c1-45(2)24-25-46(3,4)40-28-38(37(27-39(40)45)29-14-6-5-7-15-29)44-35-19-10-8-17-33(35)43(34-18-9-11-20-36(34)44)30-22-23-32-31-16-12-13-21-41(31)47-42(32)26-30/h5-23,26-28H,24-25H2,1-4H3/i5D,6D,7D,8D,9D,10D,11D,14D,15D,17D,18D,19D,20D. The van der Waals surface area contributed by atoms with E-state index in [0.717, 1.165) is 34.7 Å². The van der Waals surface area contributed by atoms with E-state index in [1.807, 2.05) is 42.5 Å². The van der Waals surface area contributed by atoms with Gasteiger partial charge in [0, 0.05) is 10.8 Å². The molecule has 228 valence electrons. The van der Waals surface area contributed by atoms with E-state index in [2.05, 4.69) is 27.7 Å². The van der Waals surface area contributed by atoms with Gasteiger partial charge in [-0.1, -0.05) is 131 Å². The van der Waals surface area contributed by atoms with Gasteiger partial charge >= 0.3 is 0 Å². The van der Waals surface area contributed by atoms with Crippen LogP contribution in [0.5, 0.6) is 0 Å². The largest absolute Gasteiger partial charge is 0.456 e. The lowest BCUT2D eigenvalue weighted by atomic mass is 9.62. The predicted octanol–water partition coefficient (Wildman–Crippen LogP) is 13.2. The molecule has 0 unspecified atom stereocenters. The van der Waals surface area contributed by atoms with Crippen molar-refractivity contribution in [2.45, 2.75) is 51.4 Å². The van der Waals surface area contributed by atoms with Crippen LogP contribution >= 0.6 is 0 Å². The fourth-order valence-electron chi connectivity index (χ4n) is 7.48. The highest BCUT2D eigenvalue weighted by Gasteiger charge is 2.38. The SMILES string of the molecule is [2H]c1c([2H])c([2H])c(-c2cc3c(cc2-c2c4c([2H])c([2H])c([2H])c([2H])c4c(-c4ccc5c(c4)oc4ccccc45)c4c([2H])c([2H])c([2H])c([2H])c24)C(C)(C)CCC3(C)C)c([2H])c1[2H]. The second-order valence-corrected chi connectivity index (χ2v) is 13.8. The summed E-state index contributed by atoms with van der Waals surface area (Å²) in [6.45, 7) is 8.33. The lowest BCUT2D eigenvalue weighted by Crippen LogP contribution is -2.34. The highest BCUT2D eigenvalue weighted by Crippen LogP contribution is 2.52. The van der Waals surface area contributed by atoms with Crippen LogP contribution in [0, 0.1) is 0 Å². The topological polar surface area (TPSA) is 13.1 Å². The average Bonchev–Trinajstić information content (AvgIpc) is 3.60. The molecule has 1 nitrogen and oxygen atoms in total. The van der Waals surface area contributed by atoms with Crippen LogP contribution in [0.1, 0.15) is 69.5 Å². The number of benzene rings is 7. The Balaban J connectivity index is 1.58. The molecule has 0 spiro atoms. The summed E-state index contributed by atoms with van der Waals surface area (Å²) in [7, 11) is 0. The fourth-order valence-corrected chi connectivity index (χ4v) is 7.48. The Bertz CT molecular complexity index is 3140. The third-order valence-electron chi connectivity index (χ3n) is 10.1. The van der Waals surface area contributed by atoms with Crippen molar-refractivity contribution in [3.8, 4) is 33.4 Å². The summed E-state index contributed by atoms with van der Waals surface area (Å²) >= 11 is 0. The van der Waals surface area contributed by atoms with Crippen LogP contribution in [0.2, 0.25) is 0 Å². The normalized spacial score (nSPS) is 19.3. The first-order valence-corrected chi connectivity index (χ1v) is 15.8. The van der Waals surface area contributed by atoms with Crippen molar-refractivity contribution in [3.05, 3.63) is 144 Å². The molecule has 0 N–H and O–H groups in total. The van der Waals surface area contributed by atoms with Crippen molar-refractivity contribution < 1.29 is 22.2 Å². The Morgan fingerprint density at radius 1 is 0.489 bits per heavy atom. The van der Waals surface area contributed by atoms with Crippen LogP contribution in [0.4, 0.5) is 0 Å². The number of hydrogen-bond donors (Lipinski definition) is 0. The van der Waals surface area contributed by atoms with Gasteiger partial charge in [0.2, 0.25) is 0 Å². The zero-order chi connectivity index (χ0) is 43.2. The molecule has 0 atom stereocenters. The van der Waals surface area contributed by atoms with Crippen LogP contribution in [-0.4, -0.2) is 0 Å². The Kier molecular flexibility index (Phi) is 3.83. The monoisotopic (exact) mass is 619 g/mol. The van der Waals surface area contributed by atoms with Crippen LogP contribution in [0.3, 0.4) is 0 Å². The van der Waals surface area contributed by atoms with Gasteiger partial charge in [-0.05, 0) is 120 Å². The molecule has 0 radical (unpaired) electrons. The highest BCUT2D eigenvalue weighted by atomic mass is 16.3. The minimum Gasteiger partial charge on any atom is -0.456 e. The maximum atomic E-state index is 9.60. The number of para-hydroxylation sites is 1. The molecule has 0 amide bonds. The molecule has 0 saturated carbocycles. The Hall–Kier alpha value is -5.14. The van der Waals surface area contributed by atoms with E-state index >= 15 is 0 Å². The summed E-state index contributed by atoms with van der Waals surface area (Å²) in [6.07, 6.45) is 1.55. The smallest absolute Gasteiger partial charge is 0.136 e. The second kappa shape index (κ2) is 10.2. The first kappa shape index (κ1) is 17.7. The predicted molar refractivity (Wildman–Crippen MR) is 200 cm³/mol. The molecule has 1 heteroatoms. The summed E-state index contributed by atoms with van der Waals surface area (Å²) in [5, 5.41) is 1.54. The summed E-state index contributed by atoms with van der Waals surface area (Å²) in [4.78, 5) is 0. The first-order chi connectivity index (χ1) is 28.2. The third-order valence-corrected chi connectivity index (χ3v) is 10.1. The van der Waals surface area contributed by atoms with Gasteiger partial charge in [-0.25, -0.2) is 0 Å². The molecule has 0 saturated heterocycles. The van der Waals surface area contributed by atoms with E-state index in [9.17, 15) is 8.22 Å². The Labute approximate surface area is 294 Å². The van der Waals surface area contributed by atoms with Gasteiger partial charge in [0.05, 0.1) is 17.8 Å². The maximum absolute atomic E-state index is 9.60. The second-order valence-electron chi connectivity index (χ2n) is 13.8. The molecule has 1 heterocycles. The molecule has 0 aliphatic heterocycles. The van der Waals surface area contributed by atoms with Crippen molar-refractivity contribution in [2.24, 2.45) is 0 Å². The summed E-state index contributed by atoms with van der Waals surface area (Å²) < 4.78 is 124. The molecule has 8 aromatic rings.